The molecule has 0 bridgehead atoms. The normalized spacial score (nSPS) is 20.6. The summed E-state index contributed by atoms with van der Waals surface area (Å²) >= 11 is 0. The lowest BCUT2D eigenvalue weighted by Crippen LogP contribution is -2.43. The molecule has 0 amide bonds. The van der Waals surface area contributed by atoms with E-state index in [1.165, 1.54) is 51.4 Å². The van der Waals surface area contributed by atoms with Gasteiger partial charge < -0.3 is 9.47 Å². The second kappa shape index (κ2) is 18.7. The topological polar surface area (TPSA) is 52.6 Å². The van der Waals surface area contributed by atoms with Crippen LogP contribution in [-0.2, 0) is 19.1 Å². The lowest BCUT2D eigenvalue weighted by Gasteiger charge is -2.41. The number of rotatable bonds is 18. The number of carbonyl (C=O) groups is 2. The highest BCUT2D eigenvalue weighted by Gasteiger charge is 2.49. The number of hydrogen-bond acceptors (Lipinski definition) is 4. The van der Waals surface area contributed by atoms with Crippen molar-refractivity contribution in [1.29, 1.82) is 0 Å². The van der Waals surface area contributed by atoms with E-state index in [0.29, 0.717) is 13.2 Å². The Kier molecular flexibility index (Phi) is 14.9. The Bertz CT molecular complexity index is 878. The summed E-state index contributed by atoms with van der Waals surface area (Å²) in [6.45, 7) is 5.26. The second-order valence-corrected chi connectivity index (χ2v) is 11.5. The monoisotopic (exact) mass is 548 g/mol. The van der Waals surface area contributed by atoms with Gasteiger partial charge in [-0.15, -0.1) is 0 Å². The van der Waals surface area contributed by atoms with Gasteiger partial charge in [0.05, 0.1) is 25.0 Å². The molecule has 0 aromatic heterocycles. The average Bonchev–Trinajstić information content (AvgIpc) is 3.00. The second-order valence-electron chi connectivity index (χ2n) is 11.5. The fraction of sp³-hybridized carbons (Fsp3) is 0.611. The zero-order valence-electron chi connectivity index (χ0n) is 25.0. The van der Waals surface area contributed by atoms with Crippen molar-refractivity contribution in [2.45, 2.75) is 116 Å². The number of hydrogen-bond donors (Lipinski definition) is 0. The minimum atomic E-state index is -0.557. The molecule has 4 heteroatoms. The zero-order valence-corrected chi connectivity index (χ0v) is 25.0. The molecule has 1 aliphatic rings. The zero-order chi connectivity index (χ0) is 28.4. The van der Waals surface area contributed by atoms with Gasteiger partial charge >= 0.3 is 11.9 Å². The average molecular weight is 549 g/mol. The van der Waals surface area contributed by atoms with Crippen LogP contribution in [0.3, 0.4) is 0 Å². The summed E-state index contributed by atoms with van der Waals surface area (Å²) in [5.41, 5.74) is 2.20. The first-order chi connectivity index (χ1) is 19.7. The van der Waals surface area contributed by atoms with Crippen molar-refractivity contribution < 1.29 is 19.1 Å². The van der Waals surface area contributed by atoms with Gasteiger partial charge in [-0.1, -0.05) is 139 Å². The van der Waals surface area contributed by atoms with Gasteiger partial charge in [0.15, 0.2) is 0 Å². The molecule has 0 spiro atoms. The Morgan fingerprint density at radius 2 is 0.900 bits per heavy atom. The first-order valence-corrected chi connectivity index (χ1v) is 16.1. The molecule has 1 fully saturated rings. The van der Waals surface area contributed by atoms with E-state index in [1.54, 1.807) is 0 Å². The third-order valence-corrected chi connectivity index (χ3v) is 8.53. The summed E-state index contributed by atoms with van der Waals surface area (Å²) in [4.78, 5) is 27.7. The van der Waals surface area contributed by atoms with Crippen LogP contribution in [0.5, 0.6) is 0 Å². The molecule has 2 aromatic rings. The van der Waals surface area contributed by atoms with E-state index < -0.39 is 11.8 Å². The molecular weight excluding hydrogens is 496 g/mol. The fourth-order valence-electron chi connectivity index (χ4n) is 6.29. The van der Waals surface area contributed by atoms with Crippen LogP contribution in [0.4, 0.5) is 0 Å². The van der Waals surface area contributed by atoms with Gasteiger partial charge in [-0.3, -0.25) is 9.59 Å². The summed E-state index contributed by atoms with van der Waals surface area (Å²) in [6.07, 6.45) is 15.3. The van der Waals surface area contributed by atoms with Crippen LogP contribution >= 0.6 is 0 Å². The van der Waals surface area contributed by atoms with E-state index in [9.17, 15) is 9.59 Å². The standard InChI is InChI=1S/C36H52O4/c1-3-5-7-9-11-19-27-39-35(37)33-31(29-21-15-13-16-22-29)25-26-32(30-23-17-14-18-24-30)34(33)36(38)40-28-20-12-10-8-6-4-2/h13-18,21-24,31-34H,3-12,19-20,25-28H2,1-2H3. The molecule has 1 aliphatic carbocycles. The van der Waals surface area contributed by atoms with Crippen LogP contribution in [0.15, 0.2) is 60.7 Å². The summed E-state index contributed by atoms with van der Waals surface area (Å²) < 4.78 is 11.9. The van der Waals surface area contributed by atoms with Gasteiger partial charge in [0.1, 0.15) is 0 Å². The quantitative estimate of drug-likeness (QED) is 0.137. The van der Waals surface area contributed by atoms with Crippen LogP contribution < -0.4 is 0 Å². The molecule has 4 atom stereocenters. The van der Waals surface area contributed by atoms with Crippen molar-refractivity contribution in [3.63, 3.8) is 0 Å². The fourth-order valence-corrected chi connectivity index (χ4v) is 6.29. The van der Waals surface area contributed by atoms with Crippen molar-refractivity contribution in [2.75, 3.05) is 13.2 Å². The van der Waals surface area contributed by atoms with Crippen molar-refractivity contribution >= 4 is 11.9 Å². The molecular formula is C36H52O4. The number of carbonyl (C=O) groups excluding carboxylic acids is 2. The third kappa shape index (κ3) is 10.1. The molecule has 220 valence electrons. The molecule has 0 aliphatic heterocycles. The Labute approximate surface area is 243 Å². The SMILES string of the molecule is CCCCCCCCOC(=O)C1C(c2ccccc2)CCC(c2ccccc2)C1C(=O)OCCCCCCCC. The molecule has 4 nitrogen and oxygen atoms in total. The highest BCUT2D eigenvalue weighted by molar-refractivity contribution is 5.84. The van der Waals surface area contributed by atoms with Gasteiger partial charge in [-0.05, 0) is 48.6 Å². The van der Waals surface area contributed by atoms with Gasteiger partial charge in [0.2, 0.25) is 0 Å². The van der Waals surface area contributed by atoms with E-state index >= 15 is 0 Å². The predicted octanol–water partition coefficient (Wildman–Crippen LogP) is 9.39. The van der Waals surface area contributed by atoms with E-state index in [-0.39, 0.29) is 23.8 Å². The van der Waals surface area contributed by atoms with Crippen LogP contribution in [0.25, 0.3) is 0 Å². The van der Waals surface area contributed by atoms with Gasteiger partial charge in [0, 0.05) is 0 Å². The number of benzene rings is 2. The molecule has 0 radical (unpaired) electrons. The number of esters is 2. The third-order valence-electron chi connectivity index (χ3n) is 8.53. The Morgan fingerprint density at radius 1 is 0.550 bits per heavy atom. The van der Waals surface area contributed by atoms with E-state index in [0.717, 1.165) is 49.7 Å². The summed E-state index contributed by atoms with van der Waals surface area (Å²) in [7, 11) is 0. The maximum atomic E-state index is 13.9. The molecule has 40 heavy (non-hydrogen) atoms. The minimum absolute atomic E-state index is 0.0650. The van der Waals surface area contributed by atoms with Gasteiger partial charge in [-0.25, -0.2) is 0 Å². The van der Waals surface area contributed by atoms with Gasteiger partial charge in [-0.2, -0.15) is 0 Å². The molecule has 3 rings (SSSR count). The Balaban J connectivity index is 1.77. The first-order valence-electron chi connectivity index (χ1n) is 16.1. The van der Waals surface area contributed by atoms with Crippen molar-refractivity contribution in [1.82, 2.24) is 0 Å². The number of unbranched alkanes of at least 4 members (excludes halogenated alkanes) is 10. The summed E-state index contributed by atoms with van der Waals surface area (Å²) in [5, 5.41) is 0. The molecule has 0 heterocycles. The summed E-state index contributed by atoms with van der Waals surface area (Å²) in [5.74, 6) is -1.74. The Hall–Kier alpha value is -2.62. The maximum absolute atomic E-state index is 13.9. The highest BCUT2D eigenvalue weighted by atomic mass is 16.5. The van der Waals surface area contributed by atoms with E-state index in [2.05, 4.69) is 38.1 Å². The highest BCUT2D eigenvalue weighted by Crippen LogP contribution is 2.49. The molecule has 4 unspecified atom stereocenters. The molecule has 0 saturated heterocycles. The van der Waals surface area contributed by atoms with E-state index in [4.69, 9.17) is 9.47 Å². The lowest BCUT2D eigenvalue weighted by atomic mass is 9.63. The largest absolute Gasteiger partial charge is 0.465 e. The van der Waals surface area contributed by atoms with Gasteiger partial charge in [0.25, 0.3) is 0 Å². The van der Waals surface area contributed by atoms with Crippen molar-refractivity contribution in [3.8, 4) is 0 Å². The van der Waals surface area contributed by atoms with Crippen molar-refractivity contribution in [3.05, 3.63) is 71.8 Å². The lowest BCUT2D eigenvalue weighted by molar-refractivity contribution is -0.165. The maximum Gasteiger partial charge on any atom is 0.310 e. The summed E-state index contributed by atoms with van der Waals surface area (Å²) in [6, 6.07) is 20.4. The molecule has 1 saturated carbocycles. The molecule has 0 N–H and O–H groups in total. The van der Waals surface area contributed by atoms with E-state index in [1.807, 2.05) is 36.4 Å². The smallest absolute Gasteiger partial charge is 0.310 e. The Morgan fingerprint density at radius 3 is 1.27 bits per heavy atom. The van der Waals surface area contributed by atoms with Crippen LogP contribution in [0, 0.1) is 11.8 Å². The van der Waals surface area contributed by atoms with Crippen LogP contribution in [0.2, 0.25) is 0 Å². The predicted molar refractivity (Wildman–Crippen MR) is 163 cm³/mol. The minimum Gasteiger partial charge on any atom is -0.465 e. The van der Waals surface area contributed by atoms with Crippen LogP contribution in [0.1, 0.15) is 127 Å². The molecule has 2 aromatic carbocycles. The van der Waals surface area contributed by atoms with Crippen LogP contribution in [-0.4, -0.2) is 25.2 Å². The number of ether oxygens (including phenoxy) is 2. The van der Waals surface area contributed by atoms with Crippen molar-refractivity contribution in [2.24, 2.45) is 11.8 Å². The first kappa shape index (κ1) is 31.9.